The average Bonchev–Trinajstić information content (AvgIpc) is 1.81. The van der Waals surface area contributed by atoms with Crippen LogP contribution >= 0.6 is 38.5 Å². The molecule has 13 heavy (non-hydrogen) atoms. The molecule has 0 bridgehead atoms. The van der Waals surface area contributed by atoms with E-state index in [-0.39, 0.29) is 0 Å². The Balaban J connectivity index is 5.09. The summed E-state index contributed by atoms with van der Waals surface area (Å²) in [6.07, 6.45) is 0.138. The summed E-state index contributed by atoms with van der Waals surface area (Å²) in [5.41, 5.74) is -0.478. The molecule has 0 aromatic heterocycles. The fourth-order valence-electron chi connectivity index (χ4n) is 0.707. The van der Waals surface area contributed by atoms with Gasteiger partial charge in [-0.15, -0.1) is 0 Å². The van der Waals surface area contributed by atoms with Crippen LogP contribution < -0.4 is 0 Å². The Bertz CT molecular complexity index is 279. The smallest absolute Gasteiger partial charge is 0.203 e. The average molecular weight is 385 g/mol. The lowest BCUT2D eigenvalue weighted by atomic mass is 9.90. The largest absolute Gasteiger partial charge is 0.389 e. The normalized spacial score (nSPS) is 20.8. The van der Waals surface area contributed by atoms with Crippen molar-refractivity contribution in [1.29, 1.82) is 0 Å². The third-order valence-electron chi connectivity index (χ3n) is 1.63. The molecule has 80 valence electrons. The molecule has 0 amide bonds. The Morgan fingerprint density at radius 1 is 1.38 bits per heavy atom. The van der Waals surface area contributed by atoms with Crippen molar-refractivity contribution in [2.45, 2.75) is 28.5 Å². The molecule has 0 heterocycles. The molecule has 0 unspecified atom stereocenters. The van der Waals surface area contributed by atoms with Gasteiger partial charge in [0.15, 0.2) is 9.84 Å². The van der Waals surface area contributed by atoms with Crippen LogP contribution in [0.2, 0.25) is 0 Å². The number of aliphatic hydroxyl groups is 1. The maximum atomic E-state index is 11.3. The summed E-state index contributed by atoms with van der Waals surface area (Å²) in [4.78, 5) is 0. The van der Waals surface area contributed by atoms with E-state index in [2.05, 4.69) is 15.9 Å². The highest BCUT2D eigenvalue weighted by molar-refractivity contribution is 14.1. The maximum Gasteiger partial charge on any atom is 0.203 e. The van der Waals surface area contributed by atoms with Gasteiger partial charge < -0.3 is 5.11 Å². The minimum Gasteiger partial charge on any atom is -0.389 e. The van der Waals surface area contributed by atoms with Crippen LogP contribution in [0, 0.1) is 5.41 Å². The van der Waals surface area contributed by atoms with Crippen molar-refractivity contribution in [3.63, 3.8) is 0 Å². The van der Waals surface area contributed by atoms with Crippen molar-refractivity contribution in [1.82, 2.24) is 0 Å². The highest BCUT2D eigenvalue weighted by atomic mass is 127. The van der Waals surface area contributed by atoms with E-state index in [4.69, 9.17) is 0 Å². The number of hydrogen-bond donors (Lipinski definition) is 1. The molecule has 0 rings (SSSR count). The first-order valence-corrected chi connectivity index (χ1v) is 7.42. The van der Waals surface area contributed by atoms with Gasteiger partial charge in [-0.1, -0.05) is 36.7 Å². The van der Waals surface area contributed by atoms with E-state index in [1.165, 1.54) is 0 Å². The topological polar surface area (TPSA) is 54.4 Å². The van der Waals surface area contributed by atoms with Gasteiger partial charge in [0.05, 0.1) is 6.10 Å². The molecule has 2 atom stereocenters. The highest BCUT2D eigenvalue weighted by Crippen LogP contribution is 2.43. The fraction of sp³-hybridized carbons (Fsp3) is 1.00. The van der Waals surface area contributed by atoms with Crippen molar-refractivity contribution in [3.05, 3.63) is 0 Å². The fourth-order valence-corrected chi connectivity index (χ4v) is 3.09. The van der Waals surface area contributed by atoms with Crippen LogP contribution in [0.4, 0.5) is 0 Å². The standard InChI is InChI=1S/C7H14BrIO3S/c1-6(2,3)5(10)7(8,9)13(4,11)12/h5,10H,1-4H3/t5-,7-/m0/s1. The van der Waals surface area contributed by atoms with E-state index in [0.717, 1.165) is 6.26 Å². The molecular formula is C7H14BrIO3S. The predicted octanol–water partition coefficient (Wildman–Crippen LogP) is 1.92. The molecule has 0 aliphatic carbocycles. The molecule has 0 aromatic carbocycles. The second-order valence-electron chi connectivity index (χ2n) is 4.10. The minimum absolute atomic E-state index is 0.478. The summed E-state index contributed by atoms with van der Waals surface area (Å²) >= 11 is 4.76. The zero-order chi connectivity index (χ0) is 11.1. The third-order valence-corrected chi connectivity index (χ3v) is 8.03. The lowest BCUT2D eigenvalue weighted by Crippen LogP contribution is -2.45. The van der Waals surface area contributed by atoms with Crippen molar-refractivity contribution in [2.75, 3.05) is 6.26 Å². The Labute approximate surface area is 101 Å². The zero-order valence-electron chi connectivity index (χ0n) is 8.01. The van der Waals surface area contributed by atoms with Crippen LogP contribution in [0.25, 0.3) is 0 Å². The van der Waals surface area contributed by atoms with Gasteiger partial charge in [0.1, 0.15) is 0 Å². The molecule has 0 aliphatic heterocycles. The van der Waals surface area contributed by atoms with E-state index < -0.39 is 23.0 Å². The van der Waals surface area contributed by atoms with Crippen molar-refractivity contribution in [3.8, 4) is 0 Å². The number of aliphatic hydroxyl groups excluding tert-OH is 1. The van der Waals surface area contributed by atoms with E-state index in [0.29, 0.717) is 0 Å². The van der Waals surface area contributed by atoms with E-state index in [1.807, 2.05) is 0 Å². The molecule has 0 fully saturated rings. The Kier molecular flexibility index (Phi) is 4.28. The van der Waals surface area contributed by atoms with E-state index >= 15 is 0 Å². The van der Waals surface area contributed by atoms with E-state index in [1.54, 1.807) is 43.4 Å². The van der Waals surface area contributed by atoms with E-state index in [9.17, 15) is 13.5 Å². The summed E-state index contributed by atoms with van der Waals surface area (Å²) in [6, 6.07) is 0. The third kappa shape index (κ3) is 3.32. The zero-order valence-corrected chi connectivity index (χ0v) is 12.6. The molecule has 0 saturated heterocycles. The molecule has 0 saturated carbocycles. The summed E-state index contributed by atoms with van der Waals surface area (Å²) in [6.45, 7) is 5.37. The number of halogens is 2. The van der Waals surface area contributed by atoms with Gasteiger partial charge >= 0.3 is 0 Å². The molecule has 6 heteroatoms. The maximum absolute atomic E-state index is 11.3. The van der Waals surface area contributed by atoms with Gasteiger partial charge in [-0.3, -0.25) is 0 Å². The molecule has 0 spiro atoms. The highest BCUT2D eigenvalue weighted by Gasteiger charge is 2.47. The van der Waals surface area contributed by atoms with Crippen LogP contribution in [0.3, 0.4) is 0 Å². The molecule has 0 aliphatic rings. The number of alkyl halides is 2. The monoisotopic (exact) mass is 384 g/mol. The molecule has 0 radical (unpaired) electrons. The molecular weight excluding hydrogens is 371 g/mol. The van der Waals surface area contributed by atoms with Gasteiger partial charge in [0.2, 0.25) is 1.66 Å². The summed E-state index contributed by atoms with van der Waals surface area (Å²) in [5.74, 6) is 0. The summed E-state index contributed by atoms with van der Waals surface area (Å²) in [5, 5.41) is 9.82. The second kappa shape index (κ2) is 3.94. The van der Waals surface area contributed by atoms with Crippen LogP contribution in [0.5, 0.6) is 0 Å². The second-order valence-corrected chi connectivity index (χ2v) is 12.0. The Morgan fingerprint density at radius 2 is 1.69 bits per heavy atom. The van der Waals surface area contributed by atoms with Crippen molar-refractivity contribution < 1.29 is 13.5 Å². The number of hydrogen-bond acceptors (Lipinski definition) is 3. The molecule has 3 nitrogen and oxygen atoms in total. The van der Waals surface area contributed by atoms with Gasteiger partial charge in [-0.25, -0.2) is 8.42 Å². The van der Waals surface area contributed by atoms with Gasteiger partial charge in [-0.05, 0) is 28.0 Å². The lowest BCUT2D eigenvalue weighted by molar-refractivity contribution is 0.0741. The van der Waals surface area contributed by atoms with Crippen LogP contribution in [-0.2, 0) is 9.84 Å². The SMILES string of the molecule is CC(C)(C)[C@H](O)[C@](Br)(I)S(C)(=O)=O. The Morgan fingerprint density at radius 3 is 1.77 bits per heavy atom. The van der Waals surface area contributed by atoms with Gasteiger partial charge in [0, 0.05) is 6.26 Å². The van der Waals surface area contributed by atoms with Crippen LogP contribution in [0.1, 0.15) is 20.8 Å². The Hall–Kier alpha value is 1.12. The summed E-state index contributed by atoms with van der Waals surface area (Å²) < 4.78 is 21.3. The molecule has 1 N–H and O–H groups in total. The predicted molar refractivity (Wildman–Crippen MR) is 66.0 cm³/mol. The number of sulfone groups is 1. The van der Waals surface area contributed by atoms with Crippen molar-refractivity contribution >= 4 is 48.4 Å². The summed E-state index contributed by atoms with van der Waals surface area (Å²) in [7, 11) is -3.33. The van der Waals surface area contributed by atoms with Gasteiger partial charge in [0.25, 0.3) is 0 Å². The minimum atomic E-state index is -3.33. The quantitative estimate of drug-likeness (QED) is 0.584. The molecule has 0 aromatic rings. The first-order chi connectivity index (χ1) is 5.40. The van der Waals surface area contributed by atoms with Gasteiger partial charge in [-0.2, -0.15) is 0 Å². The first-order valence-electron chi connectivity index (χ1n) is 3.66. The lowest BCUT2D eigenvalue weighted by Gasteiger charge is -2.34. The van der Waals surface area contributed by atoms with Crippen molar-refractivity contribution in [2.24, 2.45) is 5.41 Å². The van der Waals surface area contributed by atoms with Crippen LogP contribution in [-0.4, -0.2) is 27.5 Å². The van der Waals surface area contributed by atoms with Crippen LogP contribution in [0.15, 0.2) is 0 Å². The first kappa shape index (κ1) is 14.1. The number of rotatable bonds is 2.